The molecule has 0 saturated heterocycles. The van der Waals surface area contributed by atoms with E-state index in [0.717, 1.165) is 10.9 Å². The highest BCUT2D eigenvalue weighted by atomic mass is 16.3. The molecule has 0 aliphatic carbocycles. The lowest BCUT2D eigenvalue weighted by Gasteiger charge is -2.20. The summed E-state index contributed by atoms with van der Waals surface area (Å²) in [5.74, 6) is 0.246. The minimum absolute atomic E-state index is 0.246. The third kappa shape index (κ3) is 3.88. The van der Waals surface area contributed by atoms with Gasteiger partial charge in [0.15, 0.2) is 0 Å². The van der Waals surface area contributed by atoms with Crippen LogP contribution in [0.2, 0.25) is 0 Å². The molecule has 0 radical (unpaired) electrons. The molecule has 1 aromatic heterocycles. The molecule has 1 heterocycles. The quantitative estimate of drug-likeness (QED) is 0.536. The molecular weight excluding hydrogens is 260 g/mol. The molecule has 0 aliphatic rings. The molecule has 6 heteroatoms. The maximum Gasteiger partial charge on any atom is 0.141 e. The van der Waals surface area contributed by atoms with Crippen LogP contribution >= 0.6 is 0 Å². The van der Waals surface area contributed by atoms with Gasteiger partial charge in [0.2, 0.25) is 0 Å². The molecular formula is C14H20N2O4. The molecule has 0 fully saturated rings. The minimum Gasteiger partial charge on any atom is -0.506 e. The van der Waals surface area contributed by atoms with Crippen LogP contribution in [0.5, 0.6) is 5.75 Å². The average Bonchev–Trinajstić information content (AvgIpc) is 2.48. The Kier molecular flexibility index (Phi) is 5.84. The Labute approximate surface area is 117 Å². The van der Waals surface area contributed by atoms with Gasteiger partial charge in [-0.3, -0.25) is 4.98 Å². The summed E-state index contributed by atoms with van der Waals surface area (Å²) in [5.41, 5.74) is 5.75. The number of pyridine rings is 1. The largest absolute Gasteiger partial charge is 0.506 e. The van der Waals surface area contributed by atoms with Crippen molar-refractivity contribution in [1.82, 2.24) is 4.98 Å². The Morgan fingerprint density at radius 2 is 1.70 bits per heavy atom. The van der Waals surface area contributed by atoms with Crippen molar-refractivity contribution in [2.24, 2.45) is 5.73 Å². The zero-order valence-electron chi connectivity index (χ0n) is 11.3. The number of aromatic hydroxyl groups is 1. The van der Waals surface area contributed by atoms with Crippen molar-refractivity contribution < 1.29 is 20.4 Å². The van der Waals surface area contributed by atoms with E-state index in [4.69, 9.17) is 21.1 Å². The van der Waals surface area contributed by atoms with Crippen LogP contribution in [0.3, 0.4) is 0 Å². The van der Waals surface area contributed by atoms with Crippen LogP contribution in [0.15, 0.2) is 30.5 Å². The highest BCUT2D eigenvalue weighted by Crippen LogP contribution is 2.23. The second-order valence-corrected chi connectivity index (χ2v) is 4.64. The molecule has 0 unspecified atom stereocenters. The van der Waals surface area contributed by atoms with Crippen LogP contribution in [0.4, 0.5) is 0 Å². The summed E-state index contributed by atoms with van der Waals surface area (Å²) >= 11 is 0. The highest BCUT2D eigenvalue weighted by Gasteiger charge is 2.20. The topological polar surface area (TPSA) is 120 Å². The third-order valence-corrected chi connectivity index (χ3v) is 2.91. The monoisotopic (exact) mass is 280 g/mol. The van der Waals surface area contributed by atoms with Gasteiger partial charge in [0.05, 0.1) is 25.4 Å². The van der Waals surface area contributed by atoms with E-state index in [0.29, 0.717) is 5.52 Å². The summed E-state index contributed by atoms with van der Waals surface area (Å²) in [6.45, 7) is 0.795. The van der Waals surface area contributed by atoms with Crippen LogP contribution in [0.1, 0.15) is 5.56 Å². The molecule has 0 spiro atoms. The number of aliphatic hydroxyl groups excluding tert-OH is 3. The third-order valence-electron chi connectivity index (χ3n) is 2.91. The SMILES string of the molecule is Cc1ccnc2c(O)cccc12.NC(CO)(CO)CO. The molecule has 0 atom stereocenters. The molecule has 6 N–H and O–H groups in total. The van der Waals surface area contributed by atoms with Crippen molar-refractivity contribution in [3.63, 3.8) is 0 Å². The van der Waals surface area contributed by atoms with E-state index in [9.17, 15) is 5.11 Å². The van der Waals surface area contributed by atoms with Gasteiger partial charge in [0.25, 0.3) is 0 Å². The maximum atomic E-state index is 9.43. The Hall–Kier alpha value is -1.73. The molecule has 0 saturated carbocycles. The van der Waals surface area contributed by atoms with Crippen molar-refractivity contribution in [3.05, 3.63) is 36.0 Å². The number of para-hydroxylation sites is 1. The number of hydrogen-bond acceptors (Lipinski definition) is 6. The molecule has 110 valence electrons. The van der Waals surface area contributed by atoms with E-state index in [-0.39, 0.29) is 5.75 Å². The first-order chi connectivity index (χ1) is 9.47. The van der Waals surface area contributed by atoms with Crippen molar-refractivity contribution in [2.75, 3.05) is 19.8 Å². The number of phenols is 1. The predicted octanol–water partition coefficient (Wildman–Crippen LogP) is -0.0904. The molecule has 1 aromatic carbocycles. The summed E-state index contributed by atoms with van der Waals surface area (Å²) in [6.07, 6.45) is 1.71. The standard InChI is InChI=1S/C10H9NO.C4H11NO3/c1-7-5-6-11-10-8(7)3-2-4-9(10)12;5-4(1-6,2-7)3-8/h2-6,12H,1H3;6-8H,1-3,5H2. The zero-order chi connectivity index (χ0) is 15.2. The number of fused-ring (bicyclic) bond motifs is 1. The van der Waals surface area contributed by atoms with E-state index in [1.54, 1.807) is 12.3 Å². The predicted molar refractivity (Wildman–Crippen MR) is 76.3 cm³/mol. The summed E-state index contributed by atoms with van der Waals surface area (Å²) in [4.78, 5) is 4.09. The van der Waals surface area contributed by atoms with Gasteiger partial charge in [-0.15, -0.1) is 0 Å². The van der Waals surface area contributed by atoms with Crippen LogP contribution in [-0.2, 0) is 0 Å². The van der Waals surface area contributed by atoms with Crippen LogP contribution in [0.25, 0.3) is 10.9 Å². The number of aliphatic hydroxyl groups is 3. The zero-order valence-corrected chi connectivity index (χ0v) is 11.3. The van der Waals surface area contributed by atoms with E-state index in [2.05, 4.69) is 4.98 Å². The second-order valence-electron chi connectivity index (χ2n) is 4.64. The lowest BCUT2D eigenvalue weighted by Crippen LogP contribution is -2.50. The van der Waals surface area contributed by atoms with Crippen LogP contribution < -0.4 is 5.73 Å². The van der Waals surface area contributed by atoms with Crippen LogP contribution in [0, 0.1) is 6.92 Å². The number of rotatable bonds is 3. The fraction of sp³-hybridized carbons (Fsp3) is 0.357. The Balaban J connectivity index is 0.000000221. The molecule has 0 amide bonds. The highest BCUT2D eigenvalue weighted by molar-refractivity contribution is 5.86. The van der Waals surface area contributed by atoms with Gasteiger partial charge in [0.1, 0.15) is 11.3 Å². The maximum absolute atomic E-state index is 9.43. The van der Waals surface area contributed by atoms with Crippen molar-refractivity contribution >= 4 is 10.9 Å². The summed E-state index contributed by atoms with van der Waals surface area (Å²) < 4.78 is 0. The Morgan fingerprint density at radius 1 is 1.10 bits per heavy atom. The molecule has 2 rings (SSSR count). The summed E-state index contributed by atoms with van der Waals surface area (Å²) in [7, 11) is 0. The number of aromatic nitrogens is 1. The van der Waals surface area contributed by atoms with Gasteiger partial charge in [-0.25, -0.2) is 0 Å². The van der Waals surface area contributed by atoms with Gasteiger partial charge in [-0.2, -0.15) is 0 Å². The van der Waals surface area contributed by atoms with Crippen molar-refractivity contribution in [1.29, 1.82) is 0 Å². The fourth-order valence-electron chi connectivity index (χ4n) is 1.45. The minimum atomic E-state index is -1.21. The average molecular weight is 280 g/mol. The molecule has 20 heavy (non-hydrogen) atoms. The lowest BCUT2D eigenvalue weighted by atomic mass is 10.1. The van der Waals surface area contributed by atoms with Crippen molar-refractivity contribution in [3.8, 4) is 5.75 Å². The molecule has 2 aromatic rings. The lowest BCUT2D eigenvalue weighted by molar-refractivity contribution is 0.0698. The van der Waals surface area contributed by atoms with E-state index in [1.165, 1.54) is 0 Å². The van der Waals surface area contributed by atoms with Gasteiger partial charge < -0.3 is 26.2 Å². The number of nitrogens with zero attached hydrogens (tertiary/aromatic N) is 1. The smallest absolute Gasteiger partial charge is 0.141 e. The van der Waals surface area contributed by atoms with Crippen LogP contribution in [-0.4, -0.2) is 50.8 Å². The van der Waals surface area contributed by atoms with Gasteiger partial charge in [-0.05, 0) is 24.6 Å². The number of aryl methyl sites for hydroxylation is 1. The van der Waals surface area contributed by atoms with E-state index < -0.39 is 25.4 Å². The Morgan fingerprint density at radius 3 is 2.15 bits per heavy atom. The molecule has 0 bridgehead atoms. The summed E-state index contributed by atoms with van der Waals surface area (Å²) in [6, 6.07) is 7.36. The number of phenolic OH excluding ortho intramolecular Hbond substituents is 1. The number of nitrogens with two attached hydrogens (primary N) is 1. The first-order valence-electron chi connectivity index (χ1n) is 6.12. The van der Waals surface area contributed by atoms with E-state index >= 15 is 0 Å². The normalized spacial score (nSPS) is 11.1. The van der Waals surface area contributed by atoms with Crippen molar-refractivity contribution in [2.45, 2.75) is 12.5 Å². The summed E-state index contributed by atoms with van der Waals surface area (Å²) in [5, 5.41) is 35.5. The van der Waals surface area contributed by atoms with E-state index in [1.807, 2.05) is 25.1 Å². The number of benzene rings is 1. The number of hydrogen-bond donors (Lipinski definition) is 5. The second kappa shape index (κ2) is 7.16. The Bertz CT molecular complexity index is 506. The first kappa shape index (κ1) is 16.3. The fourth-order valence-corrected chi connectivity index (χ4v) is 1.45. The van der Waals surface area contributed by atoms with Gasteiger partial charge in [0, 0.05) is 11.6 Å². The molecule has 0 aliphatic heterocycles. The van der Waals surface area contributed by atoms with Gasteiger partial charge in [-0.1, -0.05) is 12.1 Å². The van der Waals surface area contributed by atoms with Gasteiger partial charge >= 0.3 is 0 Å². The first-order valence-corrected chi connectivity index (χ1v) is 6.12. The molecule has 6 nitrogen and oxygen atoms in total.